The first-order valence-electron chi connectivity index (χ1n) is 8.92. The first kappa shape index (κ1) is 26.8. The van der Waals surface area contributed by atoms with Gasteiger partial charge in [0, 0.05) is 5.69 Å². The maximum Gasteiger partial charge on any atom is 0.417 e. The fourth-order valence-electron chi connectivity index (χ4n) is 2.52. The van der Waals surface area contributed by atoms with Crippen LogP contribution in [0.5, 0.6) is 5.75 Å². The topological polar surface area (TPSA) is 82.3 Å². The number of nitriles is 1. The number of benzene rings is 2. The summed E-state index contributed by atoms with van der Waals surface area (Å²) in [5.74, 6) is -2.35. The van der Waals surface area contributed by atoms with Crippen molar-refractivity contribution in [2.45, 2.75) is 31.1 Å². The molecule has 0 aliphatic carbocycles. The second-order valence-electron chi connectivity index (χ2n) is 7.13. The van der Waals surface area contributed by atoms with Gasteiger partial charge in [-0.05, 0) is 43.3 Å². The number of rotatable bonds is 5. The van der Waals surface area contributed by atoms with Crippen LogP contribution in [0, 0.1) is 11.3 Å². The Morgan fingerprint density at radius 1 is 0.941 bits per heavy atom. The summed E-state index contributed by atoms with van der Waals surface area (Å²) in [5.41, 5.74) is -8.61. The molecule has 2 aromatic carbocycles. The molecule has 34 heavy (non-hydrogen) atoms. The molecule has 0 heterocycles. The molecule has 0 saturated heterocycles. The number of nitrogens with zero attached hydrogens (tertiary/aromatic N) is 1. The molecule has 14 heteroatoms. The van der Waals surface area contributed by atoms with Gasteiger partial charge in [-0.15, -0.1) is 0 Å². The third kappa shape index (κ3) is 6.53. The molecule has 2 aromatic rings. The molecular formula is C20H13F9N2O3. The van der Waals surface area contributed by atoms with Gasteiger partial charge < -0.3 is 15.2 Å². The van der Waals surface area contributed by atoms with Crippen molar-refractivity contribution in [2.75, 3.05) is 11.9 Å². The van der Waals surface area contributed by atoms with E-state index in [1.54, 1.807) is 0 Å². The van der Waals surface area contributed by atoms with Crippen molar-refractivity contribution >= 4 is 11.6 Å². The summed E-state index contributed by atoms with van der Waals surface area (Å²) in [5, 5.41) is 20.9. The van der Waals surface area contributed by atoms with E-state index < -0.39 is 70.3 Å². The number of alkyl halides is 9. The lowest BCUT2D eigenvalue weighted by molar-refractivity contribution is -0.143. The number of aliphatic hydroxyl groups is 1. The largest absolute Gasteiger partial charge is 0.490 e. The number of nitrogens with one attached hydrogen (secondary N) is 1. The molecule has 0 radical (unpaired) electrons. The van der Waals surface area contributed by atoms with E-state index in [0.29, 0.717) is 6.07 Å². The molecule has 0 fully saturated rings. The Bertz CT molecular complexity index is 1080. The molecule has 1 unspecified atom stereocenters. The highest BCUT2D eigenvalue weighted by molar-refractivity contribution is 5.97. The van der Waals surface area contributed by atoms with Gasteiger partial charge in [0.05, 0.1) is 28.3 Å². The number of carbonyl (C=O) groups is 1. The predicted molar refractivity (Wildman–Crippen MR) is 97.4 cm³/mol. The van der Waals surface area contributed by atoms with E-state index in [2.05, 4.69) is 0 Å². The van der Waals surface area contributed by atoms with Gasteiger partial charge in [-0.3, -0.25) is 4.79 Å². The molecule has 1 atom stereocenters. The van der Waals surface area contributed by atoms with E-state index in [1.165, 1.54) is 6.07 Å². The molecule has 5 nitrogen and oxygen atoms in total. The average molecular weight is 500 g/mol. The van der Waals surface area contributed by atoms with Gasteiger partial charge in [0.15, 0.2) is 5.60 Å². The second kappa shape index (κ2) is 9.05. The Balaban J connectivity index is 2.24. The molecule has 0 spiro atoms. The summed E-state index contributed by atoms with van der Waals surface area (Å²) in [7, 11) is 0. The van der Waals surface area contributed by atoms with Gasteiger partial charge in [0.2, 0.25) is 0 Å². The maximum atomic E-state index is 13.0. The minimum Gasteiger partial charge on any atom is -0.490 e. The van der Waals surface area contributed by atoms with Crippen LogP contribution in [-0.4, -0.2) is 23.2 Å². The number of halogens is 9. The monoisotopic (exact) mass is 500 g/mol. The summed E-state index contributed by atoms with van der Waals surface area (Å²) in [6.45, 7) is -0.380. The van der Waals surface area contributed by atoms with Crippen molar-refractivity contribution in [2.24, 2.45) is 0 Å². The van der Waals surface area contributed by atoms with Gasteiger partial charge in [0.25, 0.3) is 5.91 Å². The van der Waals surface area contributed by atoms with Crippen LogP contribution in [0.25, 0.3) is 0 Å². The summed E-state index contributed by atoms with van der Waals surface area (Å²) in [6, 6.07) is 3.70. The van der Waals surface area contributed by atoms with Gasteiger partial charge in [-0.25, -0.2) is 0 Å². The quantitative estimate of drug-likeness (QED) is 0.540. The predicted octanol–water partition coefficient (Wildman–Crippen LogP) is 5.38. The van der Waals surface area contributed by atoms with Crippen molar-refractivity contribution in [1.82, 2.24) is 0 Å². The van der Waals surface area contributed by atoms with E-state index >= 15 is 0 Å². The lowest BCUT2D eigenvalue weighted by atomic mass is 10.0. The Morgan fingerprint density at radius 3 is 1.91 bits per heavy atom. The Labute approximate surface area is 185 Å². The minimum absolute atomic E-state index is 0.152. The Kier molecular flexibility index (Phi) is 7.13. The van der Waals surface area contributed by atoms with E-state index in [1.807, 2.05) is 5.32 Å². The first-order valence-corrected chi connectivity index (χ1v) is 8.92. The first-order chi connectivity index (χ1) is 15.3. The summed E-state index contributed by atoms with van der Waals surface area (Å²) >= 11 is 0. The molecule has 0 saturated carbocycles. The van der Waals surface area contributed by atoms with Crippen LogP contribution >= 0.6 is 0 Å². The van der Waals surface area contributed by atoms with Crippen LogP contribution in [0.3, 0.4) is 0 Å². The zero-order valence-electron chi connectivity index (χ0n) is 16.8. The highest BCUT2D eigenvalue weighted by atomic mass is 19.4. The van der Waals surface area contributed by atoms with Crippen molar-refractivity contribution < 1.29 is 54.2 Å². The fraction of sp³-hybridized carbons (Fsp3) is 0.300. The number of amides is 1. The SMILES string of the molecule is CC(O)(COc1cc(C(F)(F)F)cc(C(F)(F)F)c1)C(=O)Nc1ccc(C#N)c(C(F)(F)F)c1. The van der Waals surface area contributed by atoms with Crippen molar-refractivity contribution in [3.63, 3.8) is 0 Å². The summed E-state index contributed by atoms with van der Waals surface area (Å²) in [4.78, 5) is 12.3. The van der Waals surface area contributed by atoms with Crippen LogP contribution < -0.4 is 10.1 Å². The van der Waals surface area contributed by atoms with Gasteiger partial charge in [-0.1, -0.05) is 0 Å². The molecular weight excluding hydrogens is 487 g/mol. The molecule has 0 bridgehead atoms. The van der Waals surface area contributed by atoms with Crippen LogP contribution in [0.2, 0.25) is 0 Å². The number of ether oxygens (including phenoxy) is 1. The number of carbonyl (C=O) groups excluding carboxylic acids is 1. The van der Waals surface area contributed by atoms with E-state index in [0.717, 1.165) is 19.1 Å². The normalized spacial score (nSPS) is 14.2. The Hall–Kier alpha value is -3.47. The van der Waals surface area contributed by atoms with Crippen LogP contribution in [0.1, 0.15) is 29.2 Å². The van der Waals surface area contributed by atoms with Gasteiger partial charge in [-0.2, -0.15) is 44.8 Å². The molecule has 0 aliphatic rings. The third-order valence-electron chi connectivity index (χ3n) is 4.27. The summed E-state index contributed by atoms with van der Waals surface area (Å²) < 4.78 is 121. The van der Waals surface area contributed by atoms with Gasteiger partial charge >= 0.3 is 18.5 Å². The molecule has 0 aromatic heterocycles. The highest BCUT2D eigenvalue weighted by Crippen LogP contribution is 2.38. The lowest BCUT2D eigenvalue weighted by Crippen LogP contribution is -2.45. The van der Waals surface area contributed by atoms with Crippen molar-refractivity contribution in [3.8, 4) is 11.8 Å². The highest BCUT2D eigenvalue weighted by Gasteiger charge is 2.38. The second-order valence-corrected chi connectivity index (χ2v) is 7.13. The van der Waals surface area contributed by atoms with Crippen LogP contribution in [0.4, 0.5) is 45.2 Å². The lowest BCUT2D eigenvalue weighted by Gasteiger charge is -2.23. The number of anilines is 1. The zero-order valence-corrected chi connectivity index (χ0v) is 16.8. The van der Waals surface area contributed by atoms with Crippen LogP contribution in [0.15, 0.2) is 36.4 Å². The van der Waals surface area contributed by atoms with E-state index in [9.17, 15) is 49.4 Å². The third-order valence-corrected chi connectivity index (χ3v) is 4.27. The minimum atomic E-state index is -5.16. The maximum absolute atomic E-state index is 13.0. The van der Waals surface area contributed by atoms with E-state index in [4.69, 9.17) is 10.00 Å². The molecule has 1 amide bonds. The number of hydrogen-bond acceptors (Lipinski definition) is 4. The van der Waals surface area contributed by atoms with Crippen LogP contribution in [-0.2, 0) is 23.3 Å². The molecule has 0 aliphatic heterocycles. The Morgan fingerprint density at radius 2 is 1.47 bits per heavy atom. The molecule has 2 rings (SSSR count). The zero-order chi connectivity index (χ0) is 26.1. The molecule has 184 valence electrons. The fourth-order valence-corrected chi connectivity index (χ4v) is 2.52. The standard InChI is InChI=1S/C20H13F9N2O3/c1-17(33,16(32)31-13-3-2-10(8-30)15(7-13)20(27,28)29)9-34-14-5-11(18(21,22)23)4-12(6-14)19(24,25)26/h2-7,33H,9H2,1H3,(H,31,32). The molecule has 2 N–H and O–H groups in total. The average Bonchev–Trinajstić information content (AvgIpc) is 2.70. The van der Waals surface area contributed by atoms with Crippen molar-refractivity contribution in [1.29, 1.82) is 5.26 Å². The van der Waals surface area contributed by atoms with Crippen molar-refractivity contribution in [3.05, 3.63) is 58.7 Å². The summed E-state index contributed by atoms with van der Waals surface area (Å²) in [6.07, 6.45) is -15.3. The van der Waals surface area contributed by atoms with Gasteiger partial charge in [0.1, 0.15) is 12.4 Å². The van der Waals surface area contributed by atoms with E-state index in [-0.39, 0.29) is 18.2 Å². The smallest absolute Gasteiger partial charge is 0.417 e. The number of hydrogen-bond donors (Lipinski definition) is 2.